The third-order valence-electron chi connectivity index (χ3n) is 5.28. The van der Waals surface area contributed by atoms with E-state index in [4.69, 9.17) is 9.47 Å². The van der Waals surface area contributed by atoms with Crippen LogP contribution in [-0.4, -0.2) is 86.3 Å². The Labute approximate surface area is 227 Å². The fourth-order valence-electron chi connectivity index (χ4n) is 3.36. The van der Waals surface area contributed by atoms with E-state index >= 15 is 0 Å². The van der Waals surface area contributed by atoms with Crippen LogP contribution < -0.4 is 10.6 Å². The molecule has 0 radical (unpaired) electrons. The molecule has 4 amide bonds. The van der Waals surface area contributed by atoms with Crippen LogP contribution in [0, 0.1) is 0 Å². The Morgan fingerprint density at radius 1 is 0.553 bits per heavy atom. The topological polar surface area (TPSA) is 117 Å². The number of nitrogens with zero attached hydrogens (tertiary/aromatic N) is 2. The SMILES string of the molecule is C=CCN(CC=C)C(=O)CCCOC(=O)NCCCCCCNC(=O)OCCCC(=O)N(CC=C)CC=C. The molecular weight excluding hydrogens is 488 g/mol. The first-order valence-electron chi connectivity index (χ1n) is 13.2. The van der Waals surface area contributed by atoms with Crippen molar-refractivity contribution in [3.05, 3.63) is 50.6 Å². The highest BCUT2D eigenvalue weighted by molar-refractivity contribution is 5.77. The molecule has 0 rings (SSSR count). The van der Waals surface area contributed by atoms with Gasteiger partial charge in [-0.15, -0.1) is 26.3 Å². The molecule has 0 saturated carbocycles. The number of carbonyl (C=O) groups is 4. The second kappa shape index (κ2) is 23.8. The molecule has 0 spiro atoms. The number of hydrogen-bond acceptors (Lipinski definition) is 6. The largest absolute Gasteiger partial charge is 0.450 e. The van der Waals surface area contributed by atoms with Gasteiger partial charge in [-0.2, -0.15) is 0 Å². The summed E-state index contributed by atoms with van der Waals surface area (Å²) in [7, 11) is 0. The van der Waals surface area contributed by atoms with E-state index in [-0.39, 0.29) is 25.0 Å². The van der Waals surface area contributed by atoms with Gasteiger partial charge in [0.25, 0.3) is 0 Å². The number of rotatable bonds is 23. The summed E-state index contributed by atoms with van der Waals surface area (Å²) in [6.45, 7) is 17.7. The maximum Gasteiger partial charge on any atom is 0.407 e. The Hall–Kier alpha value is -3.56. The fraction of sp³-hybridized carbons (Fsp3) is 0.571. The Bertz CT molecular complexity index is 674. The van der Waals surface area contributed by atoms with Crippen LogP contribution in [0.1, 0.15) is 51.4 Å². The van der Waals surface area contributed by atoms with Gasteiger partial charge in [-0.25, -0.2) is 9.59 Å². The van der Waals surface area contributed by atoms with Gasteiger partial charge >= 0.3 is 12.2 Å². The van der Waals surface area contributed by atoms with Crippen molar-refractivity contribution < 1.29 is 28.7 Å². The maximum absolute atomic E-state index is 12.1. The Morgan fingerprint density at radius 2 is 0.895 bits per heavy atom. The van der Waals surface area contributed by atoms with Gasteiger partial charge in [-0.05, 0) is 25.7 Å². The molecule has 0 aromatic rings. The van der Waals surface area contributed by atoms with Gasteiger partial charge in [0.05, 0.1) is 13.2 Å². The average molecular weight is 535 g/mol. The van der Waals surface area contributed by atoms with E-state index in [1.807, 2.05) is 0 Å². The van der Waals surface area contributed by atoms with Gasteiger partial charge in [-0.1, -0.05) is 37.1 Å². The summed E-state index contributed by atoms with van der Waals surface area (Å²) >= 11 is 0. The van der Waals surface area contributed by atoms with E-state index in [1.165, 1.54) is 0 Å². The highest BCUT2D eigenvalue weighted by atomic mass is 16.6. The van der Waals surface area contributed by atoms with Crippen molar-refractivity contribution >= 4 is 24.0 Å². The molecule has 0 aliphatic carbocycles. The van der Waals surface area contributed by atoms with Crippen molar-refractivity contribution in [2.75, 3.05) is 52.5 Å². The Balaban J connectivity index is 3.67. The lowest BCUT2D eigenvalue weighted by Crippen LogP contribution is -2.31. The van der Waals surface area contributed by atoms with E-state index in [0.29, 0.717) is 65.0 Å². The lowest BCUT2D eigenvalue weighted by molar-refractivity contribution is -0.131. The van der Waals surface area contributed by atoms with Crippen molar-refractivity contribution in [1.82, 2.24) is 20.4 Å². The minimum absolute atomic E-state index is 0.0288. The third kappa shape index (κ3) is 18.7. The second-order valence-corrected chi connectivity index (χ2v) is 8.50. The molecule has 0 aliphatic heterocycles. The van der Waals surface area contributed by atoms with Crippen molar-refractivity contribution in [2.24, 2.45) is 0 Å². The molecule has 0 saturated heterocycles. The van der Waals surface area contributed by atoms with Crippen LogP contribution >= 0.6 is 0 Å². The summed E-state index contributed by atoms with van der Waals surface area (Å²) in [5.41, 5.74) is 0. The number of amides is 4. The molecule has 0 fully saturated rings. The van der Waals surface area contributed by atoms with Gasteiger partial charge in [0, 0.05) is 52.1 Å². The third-order valence-corrected chi connectivity index (χ3v) is 5.28. The predicted molar refractivity (Wildman–Crippen MR) is 150 cm³/mol. The predicted octanol–water partition coefficient (Wildman–Crippen LogP) is 3.96. The van der Waals surface area contributed by atoms with Crippen LogP contribution in [0.4, 0.5) is 9.59 Å². The second-order valence-electron chi connectivity index (χ2n) is 8.50. The zero-order valence-corrected chi connectivity index (χ0v) is 22.8. The van der Waals surface area contributed by atoms with Gasteiger partial charge in [0.1, 0.15) is 0 Å². The van der Waals surface area contributed by atoms with Crippen LogP contribution in [0.25, 0.3) is 0 Å². The number of nitrogens with one attached hydrogen (secondary N) is 2. The molecule has 0 bridgehead atoms. The number of alkyl carbamates (subject to hydrolysis) is 2. The van der Waals surface area contributed by atoms with Gasteiger partial charge in [-0.3, -0.25) is 9.59 Å². The zero-order valence-electron chi connectivity index (χ0n) is 22.8. The van der Waals surface area contributed by atoms with Crippen molar-refractivity contribution in [3.8, 4) is 0 Å². The number of carbonyl (C=O) groups excluding carboxylic acids is 4. The summed E-state index contributed by atoms with van der Waals surface area (Å²) in [4.78, 5) is 50.9. The van der Waals surface area contributed by atoms with Gasteiger partial charge in [0.15, 0.2) is 0 Å². The number of ether oxygens (including phenoxy) is 2. The highest BCUT2D eigenvalue weighted by Gasteiger charge is 2.12. The van der Waals surface area contributed by atoms with Crippen LogP contribution in [0.3, 0.4) is 0 Å². The maximum atomic E-state index is 12.1. The molecule has 0 aliphatic rings. The first kappa shape index (κ1) is 34.4. The molecule has 0 aromatic carbocycles. The zero-order chi connectivity index (χ0) is 28.4. The Morgan fingerprint density at radius 3 is 1.21 bits per heavy atom. The summed E-state index contributed by atoms with van der Waals surface area (Å²) in [6.07, 6.45) is 10.5. The monoisotopic (exact) mass is 534 g/mol. The van der Waals surface area contributed by atoms with E-state index in [2.05, 4.69) is 36.9 Å². The summed E-state index contributed by atoms with van der Waals surface area (Å²) in [6, 6.07) is 0. The molecule has 10 heteroatoms. The van der Waals surface area contributed by atoms with Crippen molar-refractivity contribution in [2.45, 2.75) is 51.4 Å². The van der Waals surface area contributed by atoms with Crippen LogP contribution in [0.15, 0.2) is 50.6 Å². The summed E-state index contributed by atoms with van der Waals surface area (Å²) in [5.74, 6) is -0.0575. The van der Waals surface area contributed by atoms with E-state index < -0.39 is 12.2 Å². The summed E-state index contributed by atoms with van der Waals surface area (Å²) < 4.78 is 10.2. The van der Waals surface area contributed by atoms with Crippen LogP contribution in [-0.2, 0) is 19.1 Å². The molecule has 0 atom stereocenters. The first-order valence-corrected chi connectivity index (χ1v) is 13.2. The molecule has 0 heterocycles. The minimum Gasteiger partial charge on any atom is -0.450 e. The average Bonchev–Trinajstić information content (AvgIpc) is 2.90. The van der Waals surface area contributed by atoms with Crippen molar-refractivity contribution in [1.29, 1.82) is 0 Å². The van der Waals surface area contributed by atoms with E-state index in [1.54, 1.807) is 34.1 Å². The highest BCUT2D eigenvalue weighted by Crippen LogP contribution is 2.02. The lowest BCUT2D eigenvalue weighted by Gasteiger charge is -2.19. The van der Waals surface area contributed by atoms with Gasteiger partial charge in [0.2, 0.25) is 11.8 Å². The number of unbranched alkanes of at least 4 members (excludes halogenated alkanes) is 3. The Kier molecular flexibility index (Phi) is 21.6. The summed E-state index contributed by atoms with van der Waals surface area (Å²) in [5, 5.41) is 5.38. The standard InChI is InChI=1S/C28H46N4O6/c1-5-19-31(20-6-2)25(33)15-13-23-37-27(35)29-17-11-9-10-12-18-30-28(36)38-24-14-16-26(34)32(21-7-3)22-8-4/h5-8H,1-4,9-24H2,(H,29,35)(H,30,36). The number of hydrogen-bond donors (Lipinski definition) is 2. The smallest absolute Gasteiger partial charge is 0.407 e. The molecule has 38 heavy (non-hydrogen) atoms. The van der Waals surface area contributed by atoms with Gasteiger partial charge < -0.3 is 29.9 Å². The lowest BCUT2D eigenvalue weighted by atomic mass is 10.2. The molecule has 2 N–H and O–H groups in total. The quantitative estimate of drug-likeness (QED) is 0.151. The molecule has 10 nitrogen and oxygen atoms in total. The fourth-order valence-corrected chi connectivity index (χ4v) is 3.36. The molecule has 0 unspecified atom stereocenters. The molecule has 0 aromatic heterocycles. The van der Waals surface area contributed by atoms with Crippen LogP contribution in [0.5, 0.6) is 0 Å². The molecule has 214 valence electrons. The first-order chi connectivity index (χ1) is 18.4. The van der Waals surface area contributed by atoms with E-state index in [0.717, 1.165) is 25.7 Å². The van der Waals surface area contributed by atoms with E-state index in [9.17, 15) is 19.2 Å². The normalized spacial score (nSPS) is 10.0. The van der Waals surface area contributed by atoms with Crippen LogP contribution in [0.2, 0.25) is 0 Å². The minimum atomic E-state index is -0.494. The molecular formula is C28H46N4O6. The van der Waals surface area contributed by atoms with Crippen molar-refractivity contribution in [3.63, 3.8) is 0 Å².